The van der Waals surface area contributed by atoms with Crippen LogP contribution in [0.4, 0.5) is 5.69 Å². The van der Waals surface area contributed by atoms with Crippen molar-refractivity contribution >= 4 is 23.4 Å². The summed E-state index contributed by atoms with van der Waals surface area (Å²) in [7, 11) is 0. The molecule has 1 aromatic rings. The van der Waals surface area contributed by atoms with E-state index in [1.54, 1.807) is 13.8 Å². The minimum absolute atomic E-state index is 0.144. The molecule has 1 rings (SSSR count). The summed E-state index contributed by atoms with van der Waals surface area (Å²) in [5, 5.41) is 19.1. The number of pyridine rings is 1. The van der Waals surface area contributed by atoms with Crippen LogP contribution in [-0.2, 0) is 4.79 Å². The largest absolute Gasteiger partial charge is 0.480 e. The highest BCUT2D eigenvalue weighted by Crippen LogP contribution is 2.31. The summed E-state index contributed by atoms with van der Waals surface area (Å²) in [6.07, 6.45) is 1.87. The van der Waals surface area contributed by atoms with Crippen LogP contribution >= 0.6 is 11.8 Å². The molecule has 0 radical (unpaired) electrons. The fraction of sp³-hybridized carbons (Fsp3) is 0.400. The fourth-order valence-electron chi connectivity index (χ4n) is 1.21. The van der Waals surface area contributed by atoms with E-state index >= 15 is 0 Å². The van der Waals surface area contributed by atoms with Crippen LogP contribution in [0, 0.1) is 17.0 Å². The molecule has 92 valence electrons. The maximum atomic E-state index is 10.9. The van der Waals surface area contributed by atoms with Crippen molar-refractivity contribution in [1.29, 1.82) is 0 Å². The molecule has 7 heteroatoms. The highest BCUT2D eigenvalue weighted by atomic mass is 32.2. The molecule has 6 nitrogen and oxygen atoms in total. The van der Waals surface area contributed by atoms with Gasteiger partial charge in [0.15, 0.2) is 5.03 Å². The van der Waals surface area contributed by atoms with E-state index in [1.807, 2.05) is 0 Å². The molecule has 1 N–H and O–H groups in total. The third-order valence-corrected chi connectivity index (χ3v) is 3.42. The summed E-state index contributed by atoms with van der Waals surface area (Å²) in [6, 6.07) is 1.39. The number of rotatable bonds is 5. The number of thioether (sulfide) groups is 1. The molecule has 0 aliphatic rings. The topological polar surface area (TPSA) is 93.3 Å². The van der Waals surface area contributed by atoms with Gasteiger partial charge in [-0.15, -0.1) is 0 Å². The minimum Gasteiger partial charge on any atom is -0.480 e. The van der Waals surface area contributed by atoms with Crippen molar-refractivity contribution in [3.05, 3.63) is 27.9 Å². The first kappa shape index (κ1) is 13.4. The summed E-state index contributed by atoms with van der Waals surface area (Å²) >= 11 is 0.908. The average molecular weight is 256 g/mol. The van der Waals surface area contributed by atoms with Crippen molar-refractivity contribution in [1.82, 2.24) is 4.98 Å². The number of aliphatic carboxylic acids is 1. The van der Waals surface area contributed by atoms with Gasteiger partial charge in [-0.1, -0.05) is 18.7 Å². The van der Waals surface area contributed by atoms with Gasteiger partial charge in [0.05, 0.1) is 4.92 Å². The molecule has 0 saturated carbocycles. The average Bonchev–Trinajstić information content (AvgIpc) is 2.26. The number of nitro groups is 1. The molecule has 0 bridgehead atoms. The monoisotopic (exact) mass is 256 g/mol. The Morgan fingerprint density at radius 1 is 1.71 bits per heavy atom. The molecule has 0 aromatic carbocycles. The molecule has 17 heavy (non-hydrogen) atoms. The van der Waals surface area contributed by atoms with Crippen molar-refractivity contribution in [3.8, 4) is 0 Å². The van der Waals surface area contributed by atoms with E-state index in [9.17, 15) is 14.9 Å². The predicted molar refractivity (Wildman–Crippen MR) is 63.2 cm³/mol. The highest BCUT2D eigenvalue weighted by Gasteiger charge is 2.23. The van der Waals surface area contributed by atoms with Crippen LogP contribution < -0.4 is 0 Å². The standard InChI is InChI=1S/C10H12N2O4S/c1-3-8(10(13)14)17-9-7(12(15)16)4-6(2)5-11-9/h4-5,8H,3H2,1-2H3,(H,13,14). The Kier molecular flexibility index (Phi) is 4.45. The molecule has 0 fully saturated rings. The maximum absolute atomic E-state index is 10.9. The van der Waals surface area contributed by atoms with E-state index in [0.29, 0.717) is 12.0 Å². The second kappa shape index (κ2) is 5.62. The number of carbonyl (C=O) groups is 1. The van der Waals surface area contributed by atoms with Gasteiger partial charge in [-0.3, -0.25) is 14.9 Å². The van der Waals surface area contributed by atoms with Gasteiger partial charge in [-0.05, 0) is 18.9 Å². The van der Waals surface area contributed by atoms with Crippen LogP contribution in [0.1, 0.15) is 18.9 Å². The highest BCUT2D eigenvalue weighted by molar-refractivity contribution is 8.00. The molecule has 1 heterocycles. The van der Waals surface area contributed by atoms with Gasteiger partial charge in [-0.25, -0.2) is 4.98 Å². The van der Waals surface area contributed by atoms with Crippen LogP contribution in [0.2, 0.25) is 0 Å². The van der Waals surface area contributed by atoms with Gasteiger partial charge in [0.2, 0.25) is 0 Å². The first-order valence-electron chi connectivity index (χ1n) is 4.96. The third-order valence-electron chi connectivity index (χ3n) is 2.07. The summed E-state index contributed by atoms with van der Waals surface area (Å²) in [5.74, 6) is -0.992. The Morgan fingerprint density at radius 3 is 2.82 bits per heavy atom. The molecule has 1 atom stereocenters. The lowest BCUT2D eigenvalue weighted by Gasteiger charge is -2.08. The van der Waals surface area contributed by atoms with Crippen molar-refractivity contribution in [2.24, 2.45) is 0 Å². The molecule has 0 amide bonds. The zero-order valence-corrected chi connectivity index (χ0v) is 10.2. The summed E-state index contributed by atoms with van der Waals surface area (Å²) < 4.78 is 0. The lowest BCUT2D eigenvalue weighted by atomic mass is 10.3. The van der Waals surface area contributed by atoms with Gasteiger partial charge in [0.1, 0.15) is 5.25 Å². The normalized spacial score (nSPS) is 12.1. The molecule has 1 aromatic heterocycles. The number of hydrogen-bond acceptors (Lipinski definition) is 5. The van der Waals surface area contributed by atoms with E-state index in [1.165, 1.54) is 12.3 Å². The Morgan fingerprint density at radius 2 is 2.35 bits per heavy atom. The molecular formula is C10H12N2O4S. The molecule has 1 unspecified atom stereocenters. The number of carboxylic acids is 1. The maximum Gasteiger partial charge on any atom is 0.317 e. The lowest BCUT2D eigenvalue weighted by Crippen LogP contribution is -2.15. The lowest BCUT2D eigenvalue weighted by molar-refractivity contribution is -0.388. The van der Waals surface area contributed by atoms with E-state index in [-0.39, 0.29) is 10.7 Å². The van der Waals surface area contributed by atoms with Crippen molar-refractivity contribution in [2.45, 2.75) is 30.5 Å². The van der Waals surface area contributed by atoms with Gasteiger partial charge in [-0.2, -0.15) is 0 Å². The van der Waals surface area contributed by atoms with Crippen LogP contribution in [0.3, 0.4) is 0 Å². The Bertz CT molecular complexity index is 450. The zero-order chi connectivity index (χ0) is 13.0. The van der Waals surface area contributed by atoms with Crippen LogP contribution in [0.5, 0.6) is 0 Å². The molecule has 0 spiro atoms. The number of aryl methyl sites for hydroxylation is 1. The van der Waals surface area contributed by atoms with Crippen molar-refractivity contribution in [2.75, 3.05) is 0 Å². The van der Waals surface area contributed by atoms with Crippen molar-refractivity contribution < 1.29 is 14.8 Å². The van der Waals surface area contributed by atoms with Crippen LogP contribution in [0.25, 0.3) is 0 Å². The predicted octanol–water partition coefficient (Wildman–Crippen LogP) is 2.25. The molecular weight excluding hydrogens is 244 g/mol. The number of hydrogen-bond donors (Lipinski definition) is 1. The molecule has 0 aliphatic heterocycles. The van der Waals surface area contributed by atoms with Crippen molar-refractivity contribution in [3.63, 3.8) is 0 Å². The Labute approximate surface area is 102 Å². The van der Waals surface area contributed by atoms with Crippen LogP contribution in [0.15, 0.2) is 17.3 Å². The first-order valence-corrected chi connectivity index (χ1v) is 5.84. The quantitative estimate of drug-likeness (QED) is 0.493. The zero-order valence-electron chi connectivity index (χ0n) is 9.41. The van der Waals surface area contributed by atoms with E-state index < -0.39 is 16.1 Å². The summed E-state index contributed by atoms with van der Waals surface area (Å²) in [5.41, 5.74) is 0.527. The van der Waals surface area contributed by atoms with Gasteiger partial charge in [0.25, 0.3) is 0 Å². The fourth-order valence-corrected chi connectivity index (χ4v) is 2.11. The summed E-state index contributed by atoms with van der Waals surface area (Å²) in [4.78, 5) is 25.1. The SMILES string of the molecule is CCC(Sc1ncc(C)cc1[N+](=O)[O-])C(=O)O. The number of aromatic nitrogens is 1. The molecule has 0 aliphatic carbocycles. The Balaban J connectivity index is 3.05. The second-order valence-corrected chi connectivity index (χ2v) is 4.64. The van der Waals surface area contributed by atoms with E-state index in [4.69, 9.17) is 5.11 Å². The molecule has 0 saturated heterocycles. The van der Waals surface area contributed by atoms with E-state index in [2.05, 4.69) is 4.98 Å². The van der Waals surface area contributed by atoms with Gasteiger partial charge >= 0.3 is 11.7 Å². The Hall–Kier alpha value is -1.63. The van der Waals surface area contributed by atoms with Gasteiger partial charge in [0, 0.05) is 12.3 Å². The summed E-state index contributed by atoms with van der Waals surface area (Å²) in [6.45, 7) is 3.41. The van der Waals surface area contributed by atoms with Crippen LogP contribution in [-0.4, -0.2) is 26.2 Å². The minimum atomic E-state index is -0.992. The second-order valence-electron chi connectivity index (χ2n) is 3.45. The van der Waals surface area contributed by atoms with E-state index in [0.717, 1.165) is 11.8 Å². The third kappa shape index (κ3) is 3.42. The number of nitrogens with zero attached hydrogens (tertiary/aromatic N) is 2. The number of carboxylic acid groups (broad SMARTS) is 1. The first-order chi connectivity index (χ1) is 7.95. The smallest absolute Gasteiger partial charge is 0.317 e. The van der Waals surface area contributed by atoms with Gasteiger partial charge < -0.3 is 5.11 Å².